The highest BCUT2D eigenvalue weighted by Crippen LogP contribution is 2.20. The summed E-state index contributed by atoms with van der Waals surface area (Å²) in [6.07, 6.45) is 1.51. The summed E-state index contributed by atoms with van der Waals surface area (Å²) in [4.78, 5) is 18.1. The minimum atomic E-state index is -0.0816. The molecule has 0 radical (unpaired) electrons. The number of nitrogens with one attached hydrogen (secondary N) is 1. The molecule has 4 rings (SSSR count). The maximum atomic E-state index is 12.3. The van der Waals surface area contributed by atoms with Crippen LogP contribution in [0.3, 0.4) is 0 Å². The summed E-state index contributed by atoms with van der Waals surface area (Å²) in [6.45, 7) is 1.60. The molecule has 5 nitrogen and oxygen atoms in total. The van der Waals surface area contributed by atoms with Gasteiger partial charge in [0.2, 0.25) is 5.88 Å². The molecule has 1 saturated heterocycles. The van der Waals surface area contributed by atoms with Gasteiger partial charge in [0, 0.05) is 18.8 Å². The number of pyridine rings is 1. The number of hydrogen-bond acceptors (Lipinski definition) is 3. The van der Waals surface area contributed by atoms with E-state index in [1.54, 1.807) is 23.2 Å². The second kappa shape index (κ2) is 7.22. The van der Waals surface area contributed by atoms with Crippen molar-refractivity contribution in [1.29, 1.82) is 0 Å². The van der Waals surface area contributed by atoms with E-state index in [2.05, 4.69) is 28.5 Å². The van der Waals surface area contributed by atoms with Gasteiger partial charge in [0.1, 0.15) is 6.10 Å². The summed E-state index contributed by atoms with van der Waals surface area (Å²) >= 11 is 5.80. The van der Waals surface area contributed by atoms with Crippen LogP contribution >= 0.6 is 11.6 Å². The number of urea groups is 1. The third-order valence-corrected chi connectivity index (χ3v) is 4.66. The SMILES string of the molecule is O=C(NCc1cccc2ccccc12)N1CC(Oc2ccc(Cl)cn2)C1. The minimum Gasteiger partial charge on any atom is -0.471 e. The number of amides is 2. The Labute approximate surface area is 156 Å². The Hall–Kier alpha value is -2.79. The van der Waals surface area contributed by atoms with Gasteiger partial charge >= 0.3 is 6.03 Å². The summed E-state index contributed by atoms with van der Waals surface area (Å²) in [5, 5.41) is 5.89. The molecule has 0 aliphatic carbocycles. The largest absolute Gasteiger partial charge is 0.471 e. The zero-order chi connectivity index (χ0) is 17.9. The van der Waals surface area contributed by atoms with Gasteiger partial charge in [-0.1, -0.05) is 54.1 Å². The average molecular weight is 368 g/mol. The Balaban J connectivity index is 1.29. The summed E-state index contributed by atoms with van der Waals surface area (Å²) in [5.41, 5.74) is 1.11. The van der Waals surface area contributed by atoms with E-state index in [1.807, 2.05) is 24.3 Å². The lowest BCUT2D eigenvalue weighted by atomic mass is 10.0. The number of ether oxygens (including phenoxy) is 1. The van der Waals surface area contributed by atoms with E-state index in [0.29, 0.717) is 30.5 Å². The van der Waals surface area contributed by atoms with Crippen molar-refractivity contribution in [3.8, 4) is 5.88 Å². The number of rotatable bonds is 4. The molecule has 2 aromatic carbocycles. The molecule has 0 spiro atoms. The first kappa shape index (κ1) is 16.7. The molecule has 6 heteroatoms. The second-order valence-electron chi connectivity index (χ2n) is 6.26. The van der Waals surface area contributed by atoms with Crippen molar-refractivity contribution in [2.24, 2.45) is 0 Å². The van der Waals surface area contributed by atoms with Crippen LogP contribution in [0.4, 0.5) is 4.79 Å². The Morgan fingerprint density at radius 3 is 2.77 bits per heavy atom. The molecule has 1 N–H and O–H groups in total. The highest BCUT2D eigenvalue weighted by atomic mass is 35.5. The van der Waals surface area contributed by atoms with Gasteiger partial charge in [0.25, 0.3) is 0 Å². The number of likely N-dealkylation sites (tertiary alicyclic amines) is 1. The van der Waals surface area contributed by atoms with Crippen LogP contribution in [0.5, 0.6) is 5.88 Å². The van der Waals surface area contributed by atoms with Gasteiger partial charge < -0.3 is 15.0 Å². The number of halogens is 1. The van der Waals surface area contributed by atoms with Crippen molar-refractivity contribution in [2.45, 2.75) is 12.6 Å². The van der Waals surface area contributed by atoms with Crippen molar-refractivity contribution >= 4 is 28.4 Å². The van der Waals surface area contributed by atoms with Gasteiger partial charge in [-0.3, -0.25) is 0 Å². The first-order chi connectivity index (χ1) is 12.7. The van der Waals surface area contributed by atoms with E-state index in [-0.39, 0.29) is 12.1 Å². The van der Waals surface area contributed by atoms with Gasteiger partial charge in [-0.25, -0.2) is 9.78 Å². The quantitative estimate of drug-likeness (QED) is 0.761. The molecule has 0 unspecified atom stereocenters. The van der Waals surface area contributed by atoms with Gasteiger partial charge in [-0.2, -0.15) is 0 Å². The van der Waals surface area contributed by atoms with Crippen molar-refractivity contribution in [3.05, 3.63) is 71.4 Å². The lowest BCUT2D eigenvalue weighted by Gasteiger charge is -2.38. The number of nitrogens with zero attached hydrogens (tertiary/aromatic N) is 2. The summed E-state index contributed by atoms with van der Waals surface area (Å²) in [6, 6.07) is 17.7. The van der Waals surface area contributed by atoms with E-state index in [4.69, 9.17) is 16.3 Å². The monoisotopic (exact) mass is 367 g/mol. The lowest BCUT2D eigenvalue weighted by molar-refractivity contribution is 0.0413. The van der Waals surface area contributed by atoms with Crippen LogP contribution in [-0.4, -0.2) is 35.1 Å². The highest BCUT2D eigenvalue weighted by molar-refractivity contribution is 6.30. The molecule has 132 valence electrons. The standard InChI is InChI=1S/C20H18ClN3O2/c21-16-8-9-19(22-11-16)26-17-12-24(13-17)20(25)23-10-15-6-3-5-14-4-1-2-7-18(14)15/h1-9,11,17H,10,12-13H2,(H,23,25). The summed E-state index contributed by atoms with van der Waals surface area (Å²) < 4.78 is 5.71. The zero-order valence-electron chi connectivity index (χ0n) is 14.1. The molecule has 2 amide bonds. The number of aromatic nitrogens is 1. The molecular formula is C20H18ClN3O2. The molecular weight excluding hydrogens is 350 g/mol. The summed E-state index contributed by atoms with van der Waals surface area (Å²) in [7, 11) is 0. The van der Waals surface area contributed by atoms with Crippen LogP contribution in [0.15, 0.2) is 60.8 Å². The zero-order valence-corrected chi connectivity index (χ0v) is 14.8. The smallest absolute Gasteiger partial charge is 0.317 e. The van der Waals surface area contributed by atoms with Gasteiger partial charge in [-0.05, 0) is 22.4 Å². The minimum absolute atomic E-state index is 0.0352. The first-order valence-corrected chi connectivity index (χ1v) is 8.84. The Morgan fingerprint density at radius 1 is 1.15 bits per heavy atom. The molecule has 1 aromatic heterocycles. The fourth-order valence-electron chi connectivity index (χ4n) is 3.01. The molecule has 26 heavy (non-hydrogen) atoms. The predicted molar refractivity (Wildman–Crippen MR) is 101 cm³/mol. The number of hydrogen-bond donors (Lipinski definition) is 1. The maximum absolute atomic E-state index is 12.3. The lowest BCUT2D eigenvalue weighted by Crippen LogP contribution is -2.58. The van der Waals surface area contributed by atoms with Gasteiger partial charge in [0.05, 0.1) is 18.1 Å². The highest BCUT2D eigenvalue weighted by Gasteiger charge is 2.32. The summed E-state index contributed by atoms with van der Waals surface area (Å²) in [5.74, 6) is 0.523. The van der Waals surface area contributed by atoms with Gasteiger partial charge in [0.15, 0.2) is 0 Å². The average Bonchev–Trinajstić information content (AvgIpc) is 2.64. The van der Waals surface area contributed by atoms with Crippen LogP contribution in [0.2, 0.25) is 5.02 Å². The van der Waals surface area contributed by atoms with Crippen molar-refractivity contribution in [2.75, 3.05) is 13.1 Å². The third kappa shape index (κ3) is 3.58. The molecule has 0 saturated carbocycles. The molecule has 1 aliphatic rings. The van der Waals surface area contributed by atoms with E-state index >= 15 is 0 Å². The van der Waals surface area contributed by atoms with Crippen LogP contribution in [0.25, 0.3) is 10.8 Å². The third-order valence-electron chi connectivity index (χ3n) is 4.43. The van der Waals surface area contributed by atoms with E-state index in [1.165, 1.54) is 5.39 Å². The normalized spacial score (nSPS) is 14.1. The second-order valence-corrected chi connectivity index (χ2v) is 6.69. The molecule has 1 aliphatic heterocycles. The number of benzene rings is 2. The van der Waals surface area contributed by atoms with Crippen LogP contribution in [-0.2, 0) is 6.54 Å². The van der Waals surface area contributed by atoms with Crippen molar-refractivity contribution in [1.82, 2.24) is 15.2 Å². The van der Waals surface area contributed by atoms with Crippen molar-refractivity contribution < 1.29 is 9.53 Å². The van der Waals surface area contributed by atoms with Crippen LogP contribution < -0.4 is 10.1 Å². The number of fused-ring (bicyclic) bond motifs is 1. The topological polar surface area (TPSA) is 54.5 Å². The molecule has 2 heterocycles. The van der Waals surface area contributed by atoms with Crippen LogP contribution in [0.1, 0.15) is 5.56 Å². The molecule has 0 bridgehead atoms. The first-order valence-electron chi connectivity index (χ1n) is 8.47. The van der Waals surface area contributed by atoms with E-state index in [0.717, 1.165) is 10.9 Å². The molecule has 1 fully saturated rings. The number of carbonyl (C=O) groups excluding carboxylic acids is 1. The van der Waals surface area contributed by atoms with Crippen LogP contribution in [0, 0.1) is 0 Å². The molecule has 0 atom stereocenters. The Kier molecular flexibility index (Phi) is 4.63. The Bertz CT molecular complexity index is 918. The van der Waals surface area contributed by atoms with E-state index < -0.39 is 0 Å². The Morgan fingerprint density at radius 2 is 1.96 bits per heavy atom. The van der Waals surface area contributed by atoms with E-state index in [9.17, 15) is 4.79 Å². The number of carbonyl (C=O) groups is 1. The molecule has 3 aromatic rings. The predicted octanol–water partition coefficient (Wildman–Crippen LogP) is 3.86. The fourth-order valence-corrected chi connectivity index (χ4v) is 3.12. The fraction of sp³-hybridized carbons (Fsp3) is 0.200. The van der Waals surface area contributed by atoms with Crippen molar-refractivity contribution in [3.63, 3.8) is 0 Å². The van der Waals surface area contributed by atoms with Gasteiger partial charge in [-0.15, -0.1) is 0 Å². The maximum Gasteiger partial charge on any atom is 0.317 e.